The molecular formula is C22H17Cl2FN2O2. The van der Waals surface area contributed by atoms with Crippen molar-refractivity contribution in [2.45, 2.75) is 12.0 Å². The molecule has 4 N–H and O–H groups in total. The second-order valence-electron chi connectivity index (χ2n) is 6.89. The smallest absolute Gasteiger partial charge is 0.249 e. The Labute approximate surface area is 177 Å². The number of rotatable bonds is 4. The Kier molecular flexibility index (Phi) is 4.99. The van der Waals surface area contributed by atoms with Crippen LogP contribution in [-0.2, 0) is 12.0 Å². The van der Waals surface area contributed by atoms with Gasteiger partial charge in [0.05, 0.1) is 10.6 Å². The molecule has 0 fully saturated rings. The summed E-state index contributed by atoms with van der Waals surface area (Å²) < 4.78 is 21.4. The van der Waals surface area contributed by atoms with Crippen LogP contribution in [0.3, 0.4) is 0 Å². The third-order valence-corrected chi connectivity index (χ3v) is 5.83. The molecule has 0 bridgehead atoms. The monoisotopic (exact) mass is 430 g/mol. The highest BCUT2D eigenvalue weighted by Crippen LogP contribution is 2.49. The van der Waals surface area contributed by atoms with Crippen LogP contribution < -0.4 is 16.2 Å². The fourth-order valence-corrected chi connectivity index (χ4v) is 4.24. The molecule has 1 atom stereocenters. The van der Waals surface area contributed by atoms with Crippen LogP contribution in [0.5, 0.6) is 5.75 Å². The molecule has 0 saturated carbocycles. The lowest BCUT2D eigenvalue weighted by Gasteiger charge is -2.27. The summed E-state index contributed by atoms with van der Waals surface area (Å²) in [5.41, 5.74) is 12.6. The summed E-state index contributed by atoms with van der Waals surface area (Å²) in [6, 6.07) is 15.5. The largest absolute Gasteiger partial charge is 0.481 e. The van der Waals surface area contributed by atoms with Gasteiger partial charge in [0.15, 0.2) is 5.60 Å². The first-order chi connectivity index (χ1) is 13.9. The standard InChI is InChI=1S/C22H17Cl2FN2O2/c23-15-8-9-17-14(10-22(11-26,29-17)12-4-2-1-3-5-12)18(15)19-13(21(27)28)6-7-16(24)20(19)25/h1-9H,10-11,26H2,(H2,27,28)/t22-/m1/s1. The predicted octanol–water partition coefficient (Wildman–Crippen LogP) is 4.69. The number of carbonyl (C=O) groups is 1. The summed E-state index contributed by atoms with van der Waals surface area (Å²) in [4.78, 5) is 12.0. The van der Waals surface area contributed by atoms with E-state index in [0.29, 0.717) is 23.3 Å². The summed E-state index contributed by atoms with van der Waals surface area (Å²) in [5.74, 6) is -1.02. The van der Waals surface area contributed by atoms with E-state index in [4.69, 9.17) is 39.4 Å². The fourth-order valence-electron chi connectivity index (χ4n) is 3.81. The lowest BCUT2D eigenvalue weighted by molar-refractivity contribution is 0.1000. The van der Waals surface area contributed by atoms with Crippen molar-refractivity contribution in [3.8, 4) is 16.9 Å². The molecule has 29 heavy (non-hydrogen) atoms. The zero-order chi connectivity index (χ0) is 20.8. The molecule has 1 aliphatic rings. The zero-order valence-electron chi connectivity index (χ0n) is 15.2. The molecule has 0 aliphatic carbocycles. The van der Waals surface area contributed by atoms with Gasteiger partial charge in [-0.3, -0.25) is 4.79 Å². The second kappa shape index (κ2) is 7.34. The minimum Gasteiger partial charge on any atom is -0.481 e. The van der Waals surface area contributed by atoms with Crippen molar-refractivity contribution in [3.05, 3.63) is 87.2 Å². The third-order valence-electron chi connectivity index (χ3n) is 5.23. The van der Waals surface area contributed by atoms with Crippen molar-refractivity contribution >= 4 is 29.1 Å². The molecule has 148 valence electrons. The van der Waals surface area contributed by atoms with Crippen molar-refractivity contribution in [1.82, 2.24) is 0 Å². The number of hydrogen-bond acceptors (Lipinski definition) is 3. The van der Waals surface area contributed by atoms with Crippen LogP contribution in [-0.4, -0.2) is 12.5 Å². The van der Waals surface area contributed by atoms with E-state index in [-0.39, 0.29) is 27.7 Å². The molecule has 0 radical (unpaired) electrons. The van der Waals surface area contributed by atoms with E-state index >= 15 is 4.39 Å². The van der Waals surface area contributed by atoms with Crippen LogP contribution in [0, 0.1) is 5.82 Å². The number of amides is 1. The Morgan fingerprint density at radius 1 is 1.03 bits per heavy atom. The lowest BCUT2D eigenvalue weighted by Crippen LogP contribution is -2.39. The molecule has 0 spiro atoms. The maximum Gasteiger partial charge on any atom is 0.249 e. The number of primary amides is 1. The second-order valence-corrected chi connectivity index (χ2v) is 7.70. The minimum absolute atomic E-state index is 0.00726. The summed E-state index contributed by atoms with van der Waals surface area (Å²) in [5, 5.41) is 0.127. The first-order valence-corrected chi connectivity index (χ1v) is 9.67. The Morgan fingerprint density at radius 2 is 1.72 bits per heavy atom. The van der Waals surface area contributed by atoms with Gasteiger partial charge in [-0.25, -0.2) is 4.39 Å². The summed E-state index contributed by atoms with van der Waals surface area (Å²) in [6.45, 7) is 0.198. The topological polar surface area (TPSA) is 78.3 Å². The van der Waals surface area contributed by atoms with Crippen molar-refractivity contribution in [1.29, 1.82) is 0 Å². The van der Waals surface area contributed by atoms with Crippen LogP contribution in [0.2, 0.25) is 10.0 Å². The number of carbonyl (C=O) groups excluding carboxylic acids is 1. The van der Waals surface area contributed by atoms with Gasteiger partial charge in [0.2, 0.25) is 5.91 Å². The molecular weight excluding hydrogens is 414 g/mol. The third kappa shape index (κ3) is 3.15. The molecule has 1 amide bonds. The van der Waals surface area contributed by atoms with Crippen LogP contribution >= 0.6 is 23.2 Å². The van der Waals surface area contributed by atoms with Crippen molar-refractivity contribution in [3.63, 3.8) is 0 Å². The first kappa shape index (κ1) is 19.7. The Morgan fingerprint density at radius 3 is 2.38 bits per heavy atom. The Balaban J connectivity index is 1.96. The highest BCUT2D eigenvalue weighted by Gasteiger charge is 2.42. The van der Waals surface area contributed by atoms with Crippen LogP contribution in [0.4, 0.5) is 4.39 Å². The number of nitrogens with two attached hydrogens (primary N) is 2. The SMILES string of the molecule is NC[C@@]1(c2ccccc2)Cc2c(ccc(Cl)c2-c2c(C(N)=O)ccc(Cl)c2F)O1. The van der Waals surface area contributed by atoms with Gasteiger partial charge in [-0.2, -0.15) is 0 Å². The van der Waals surface area contributed by atoms with Gasteiger partial charge in [0, 0.05) is 34.7 Å². The number of ether oxygens (including phenoxy) is 1. The fraction of sp³-hybridized carbons (Fsp3) is 0.136. The molecule has 0 unspecified atom stereocenters. The molecule has 0 aromatic heterocycles. The van der Waals surface area contributed by atoms with E-state index in [1.54, 1.807) is 12.1 Å². The lowest BCUT2D eigenvalue weighted by atomic mass is 9.85. The number of benzene rings is 3. The first-order valence-electron chi connectivity index (χ1n) is 8.92. The highest BCUT2D eigenvalue weighted by molar-refractivity contribution is 6.34. The van der Waals surface area contributed by atoms with Gasteiger partial charge in [-0.15, -0.1) is 0 Å². The summed E-state index contributed by atoms with van der Waals surface area (Å²) in [7, 11) is 0. The van der Waals surface area contributed by atoms with Gasteiger partial charge in [-0.05, 0) is 29.8 Å². The van der Waals surface area contributed by atoms with Gasteiger partial charge < -0.3 is 16.2 Å². The van der Waals surface area contributed by atoms with Gasteiger partial charge in [0.1, 0.15) is 11.6 Å². The van der Waals surface area contributed by atoms with E-state index in [2.05, 4.69) is 0 Å². The van der Waals surface area contributed by atoms with E-state index in [1.165, 1.54) is 12.1 Å². The van der Waals surface area contributed by atoms with Crippen LogP contribution in [0.1, 0.15) is 21.5 Å². The Hall–Kier alpha value is -2.60. The van der Waals surface area contributed by atoms with E-state index in [9.17, 15) is 4.79 Å². The number of hydrogen-bond donors (Lipinski definition) is 2. The maximum atomic E-state index is 15.1. The van der Waals surface area contributed by atoms with Gasteiger partial charge >= 0.3 is 0 Å². The average molecular weight is 431 g/mol. The summed E-state index contributed by atoms with van der Waals surface area (Å²) >= 11 is 12.5. The molecule has 1 aliphatic heterocycles. The molecule has 3 aromatic carbocycles. The molecule has 1 heterocycles. The van der Waals surface area contributed by atoms with Crippen LogP contribution in [0.25, 0.3) is 11.1 Å². The molecule has 4 rings (SSSR count). The van der Waals surface area contributed by atoms with Crippen LogP contribution in [0.15, 0.2) is 54.6 Å². The van der Waals surface area contributed by atoms with E-state index in [0.717, 1.165) is 5.56 Å². The molecule has 7 heteroatoms. The quantitative estimate of drug-likeness (QED) is 0.629. The predicted molar refractivity (Wildman–Crippen MR) is 112 cm³/mol. The normalized spacial score (nSPS) is 17.7. The number of halogens is 3. The maximum absolute atomic E-state index is 15.1. The molecule has 0 saturated heterocycles. The van der Waals surface area contributed by atoms with Gasteiger partial charge in [-0.1, -0.05) is 53.5 Å². The zero-order valence-corrected chi connectivity index (χ0v) is 16.7. The highest BCUT2D eigenvalue weighted by atomic mass is 35.5. The van der Waals surface area contributed by atoms with E-state index in [1.807, 2.05) is 30.3 Å². The Bertz CT molecular complexity index is 1120. The average Bonchev–Trinajstić information content (AvgIpc) is 3.11. The van der Waals surface area contributed by atoms with Crippen molar-refractivity contribution in [2.24, 2.45) is 11.5 Å². The van der Waals surface area contributed by atoms with Gasteiger partial charge in [0.25, 0.3) is 0 Å². The van der Waals surface area contributed by atoms with E-state index < -0.39 is 17.3 Å². The molecule has 4 nitrogen and oxygen atoms in total. The van der Waals surface area contributed by atoms with Crippen molar-refractivity contribution in [2.75, 3.05) is 6.54 Å². The minimum atomic E-state index is -0.828. The van der Waals surface area contributed by atoms with Crippen molar-refractivity contribution < 1.29 is 13.9 Å². The molecule has 3 aromatic rings. The summed E-state index contributed by atoms with van der Waals surface area (Å²) in [6.07, 6.45) is 0.350. The number of fused-ring (bicyclic) bond motifs is 1.